The summed E-state index contributed by atoms with van der Waals surface area (Å²) in [4.78, 5) is 24.9. The van der Waals surface area contributed by atoms with Crippen LogP contribution in [0.1, 0.15) is 35.7 Å². The fraction of sp³-hybridized carbons (Fsp3) is 0.562. The molecular formula is C16H25ClN4O3. The smallest absolute Gasteiger partial charge is 0.293 e. The van der Waals surface area contributed by atoms with Gasteiger partial charge in [0.1, 0.15) is 5.69 Å². The number of aryl methyl sites for hydroxylation is 1. The highest BCUT2D eigenvalue weighted by atomic mass is 35.5. The zero-order chi connectivity index (χ0) is 17.0. The van der Waals surface area contributed by atoms with Crippen molar-refractivity contribution in [1.29, 1.82) is 0 Å². The molecule has 1 aliphatic heterocycles. The number of carbonyl (C=O) groups is 1. The van der Waals surface area contributed by atoms with Crippen LogP contribution in [0, 0.1) is 23.0 Å². The second kappa shape index (κ2) is 8.84. The van der Waals surface area contributed by atoms with Gasteiger partial charge in [0.15, 0.2) is 0 Å². The van der Waals surface area contributed by atoms with Crippen molar-refractivity contribution in [2.75, 3.05) is 31.9 Å². The highest BCUT2D eigenvalue weighted by Gasteiger charge is 2.27. The number of rotatable bonds is 5. The Labute approximate surface area is 148 Å². The average molecular weight is 357 g/mol. The van der Waals surface area contributed by atoms with Crippen molar-refractivity contribution >= 4 is 29.7 Å². The number of nitrogens with zero attached hydrogens (tertiary/aromatic N) is 2. The Hall–Kier alpha value is -1.86. The largest absolute Gasteiger partial charge is 0.393 e. The van der Waals surface area contributed by atoms with Crippen molar-refractivity contribution in [3.63, 3.8) is 0 Å². The Morgan fingerprint density at radius 2 is 2.04 bits per heavy atom. The van der Waals surface area contributed by atoms with Crippen molar-refractivity contribution in [2.45, 2.75) is 26.7 Å². The van der Waals surface area contributed by atoms with Gasteiger partial charge in [0.05, 0.1) is 10.5 Å². The minimum absolute atomic E-state index is 0. The highest BCUT2D eigenvalue weighted by Crippen LogP contribution is 2.29. The van der Waals surface area contributed by atoms with Crippen LogP contribution in [-0.2, 0) is 0 Å². The number of nitrogens with two attached hydrogens (primary N) is 1. The molecule has 1 saturated heterocycles. The third-order valence-electron chi connectivity index (χ3n) is 4.31. The highest BCUT2D eigenvalue weighted by molar-refractivity contribution is 6.01. The number of nitro groups is 1. The molecule has 1 heterocycles. The molecule has 1 fully saturated rings. The summed E-state index contributed by atoms with van der Waals surface area (Å²) in [5.74, 6) is 0.361. The molecule has 2 rings (SSSR count). The van der Waals surface area contributed by atoms with Gasteiger partial charge in [-0.1, -0.05) is 6.92 Å². The molecule has 0 radical (unpaired) electrons. The first-order chi connectivity index (χ1) is 10.9. The predicted molar refractivity (Wildman–Crippen MR) is 96.7 cm³/mol. The summed E-state index contributed by atoms with van der Waals surface area (Å²) in [6.45, 7) is 7.04. The van der Waals surface area contributed by atoms with Crippen molar-refractivity contribution in [3.05, 3.63) is 33.4 Å². The molecule has 7 nitrogen and oxygen atoms in total. The molecule has 0 atom stereocenters. The summed E-state index contributed by atoms with van der Waals surface area (Å²) in [7, 11) is 0. The van der Waals surface area contributed by atoms with E-state index in [0.29, 0.717) is 24.6 Å². The lowest BCUT2D eigenvalue weighted by Gasteiger charge is -2.32. The van der Waals surface area contributed by atoms with Crippen LogP contribution >= 0.6 is 12.4 Å². The second-order valence-corrected chi connectivity index (χ2v) is 6.05. The van der Waals surface area contributed by atoms with Gasteiger partial charge < -0.3 is 16.0 Å². The van der Waals surface area contributed by atoms with E-state index in [4.69, 9.17) is 5.73 Å². The van der Waals surface area contributed by atoms with Crippen molar-refractivity contribution in [3.8, 4) is 0 Å². The van der Waals surface area contributed by atoms with E-state index in [1.165, 1.54) is 6.07 Å². The number of piperidine rings is 1. The molecule has 1 aliphatic rings. The second-order valence-electron chi connectivity index (χ2n) is 6.05. The van der Waals surface area contributed by atoms with Gasteiger partial charge in [-0.25, -0.2) is 0 Å². The van der Waals surface area contributed by atoms with Crippen LogP contribution in [0.4, 0.5) is 11.4 Å². The van der Waals surface area contributed by atoms with Crippen LogP contribution in [0.3, 0.4) is 0 Å². The lowest BCUT2D eigenvalue weighted by molar-refractivity contribution is -0.384. The van der Waals surface area contributed by atoms with Crippen LogP contribution in [0.2, 0.25) is 0 Å². The molecule has 24 heavy (non-hydrogen) atoms. The normalized spacial score (nSPS) is 15.0. The third-order valence-corrected chi connectivity index (χ3v) is 4.31. The van der Waals surface area contributed by atoms with Gasteiger partial charge in [-0.2, -0.15) is 0 Å². The number of nitrogen functional groups attached to an aromatic ring is 1. The van der Waals surface area contributed by atoms with Gasteiger partial charge in [0.25, 0.3) is 11.6 Å². The van der Waals surface area contributed by atoms with E-state index >= 15 is 0 Å². The van der Waals surface area contributed by atoms with Gasteiger partial charge in [-0.3, -0.25) is 14.9 Å². The number of nitrogens with one attached hydrogen (secondary N) is 1. The van der Waals surface area contributed by atoms with Crippen molar-refractivity contribution in [1.82, 2.24) is 10.2 Å². The zero-order valence-electron chi connectivity index (χ0n) is 14.1. The zero-order valence-corrected chi connectivity index (χ0v) is 14.9. The summed E-state index contributed by atoms with van der Waals surface area (Å²) in [6, 6.07) is 3.03. The average Bonchev–Trinajstić information content (AvgIpc) is 2.54. The molecule has 8 heteroatoms. The minimum Gasteiger partial charge on any atom is -0.393 e. The number of carbonyl (C=O) groups excluding carboxylic acids is 1. The number of anilines is 1. The maximum atomic E-state index is 12.7. The molecule has 134 valence electrons. The third kappa shape index (κ3) is 4.58. The van der Waals surface area contributed by atoms with E-state index in [9.17, 15) is 14.9 Å². The monoisotopic (exact) mass is 356 g/mol. The topological polar surface area (TPSA) is 102 Å². The van der Waals surface area contributed by atoms with E-state index in [2.05, 4.69) is 12.2 Å². The van der Waals surface area contributed by atoms with E-state index in [1.807, 2.05) is 0 Å². The van der Waals surface area contributed by atoms with E-state index in [0.717, 1.165) is 25.9 Å². The summed E-state index contributed by atoms with van der Waals surface area (Å²) < 4.78 is 0. The molecule has 1 amide bonds. The van der Waals surface area contributed by atoms with Crippen LogP contribution in [0.5, 0.6) is 0 Å². The summed E-state index contributed by atoms with van der Waals surface area (Å²) in [5, 5.41) is 14.4. The standard InChI is InChI=1S/C16H24N4O3.ClH/c1-3-18-10-12-4-6-19(7-5-12)16(21)13-8-11(2)9-14(15(13)17)20(22)23;/h8-9,12,18H,3-7,10,17H2,1-2H3;1H. The molecular weight excluding hydrogens is 332 g/mol. The van der Waals surface area contributed by atoms with E-state index in [-0.39, 0.29) is 35.3 Å². The number of benzene rings is 1. The van der Waals surface area contributed by atoms with Crippen molar-refractivity contribution in [2.24, 2.45) is 5.92 Å². The first-order valence-corrected chi connectivity index (χ1v) is 7.98. The number of likely N-dealkylation sites (tertiary alicyclic amines) is 1. The van der Waals surface area contributed by atoms with Gasteiger partial charge in [-0.05, 0) is 50.4 Å². The number of nitro benzene ring substituents is 1. The van der Waals surface area contributed by atoms with Crippen LogP contribution in [-0.4, -0.2) is 41.9 Å². The Bertz CT molecular complexity index is 601. The molecule has 0 spiro atoms. The Balaban J connectivity index is 0.00000288. The predicted octanol–water partition coefficient (Wildman–Crippen LogP) is 2.37. The Morgan fingerprint density at radius 3 is 2.58 bits per heavy atom. The van der Waals surface area contributed by atoms with E-state index < -0.39 is 4.92 Å². The minimum atomic E-state index is -0.540. The molecule has 0 saturated carbocycles. The van der Waals surface area contributed by atoms with Crippen molar-refractivity contribution < 1.29 is 9.72 Å². The summed E-state index contributed by atoms with van der Waals surface area (Å²) in [5.41, 5.74) is 6.52. The number of hydrogen-bond donors (Lipinski definition) is 2. The lowest BCUT2D eigenvalue weighted by atomic mass is 9.96. The fourth-order valence-electron chi connectivity index (χ4n) is 2.97. The molecule has 0 aromatic heterocycles. The van der Waals surface area contributed by atoms with E-state index in [1.54, 1.807) is 17.9 Å². The molecule has 0 aliphatic carbocycles. The number of hydrogen-bond acceptors (Lipinski definition) is 5. The van der Waals surface area contributed by atoms with Gasteiger partial charge >= 0.3 is 0 Å². The van der Waals surface area contributed by atoms with Gasteiger partial charge in [0.2, 0.25) is 0 Å². The SMILES string of the molecule is CCNCC1CCN(C(=O)c2cc(C)cc([N+](=O)[O-])c2N)CC1.Cl. The maximum Gasteiger partial charge on any atom is 0.293 e. The van der Waals surface area contributed by atoms with Crippen LogP contribution in [0.15, 0.2) is 12.1 Å². The first kappa shape index (κ1) is 20.2. The summed E-state index contributed by atoms with van der Waals surface area (Å²) >= 11 is 0. The molecule has 1 aromatic rings. The molecule has 0 unspecified atom stereocenters. The lowest BCUT2D eigenvalue weighted by Crippen LogP contribution is -2.41. The quantitative estimate of drug-likeness (QED) is 0.479. The fourth-order valence-corrected chi connectivity index (χ4v) is 2.97. The molecule has 3 N–H and O–H groups in total. The molecule has 0 bridgehead atoms. The Morgan fingerprint density at radius 1 is 1.42 bits per heavy atom. The Kier molecular flexibility index (Phi) is 7.44. The van der Waals surface area contributed by atoms with Gasteiger partial charge in [-0.15, -0.1) is 12.4 Å². The first-order valence-electron chi connectivity index (χ1n) is 7.98. The number of halogens is 1. The number of amides is 1. The maximum absolute atomic E-state index is 12.7. The van der Waals surface area contributed by atoms with Crippen LogP contribution < -0.4 is 11.1 Å². The molecule has 1 aromatic carbocycles. The van der Waals surface area contributed by atoms with Crippen LogP contribution in [0.25, 0.3) is 0 Å². The van der Waals surface area contributed by atoms with Gasteiger partial charge in [0, 0.05) is 19.2 Å². The summed E-state index contributed by atoms with van der Waals surface area (Å²) in [6.07, 6.45) is 1.87.